The summed E-state index contributed by atoms with van der Waals surface area (Å²) >= 11 is 1.46. The Morgan fingerprint density at radius 3 is 1.77 bits per heavy atom. The van der Waals surface area contributed by atoms with Crippen molar-refractivity contribution >= 4 is 47.1 Å². The lowest BCUT2D eigenvalue weighted by Crippen LogP contribution is -2.59. The van der Waals surface area contributed by atoms with Crippen LogP contribution < -0.4 is 20.2 Å². The second-order valence-corrected chi connectivity index (χ2v) is 16.4. The van der Waals surface area contributed by atoms with Gasteiger partial charge in [-0.15, -0.1) is 11.3 Å². The molecule has 0 bridgehead atoms. The van der Waals surface area contributed by atoms with Crippen LogP contribution in [0.5, 0.6) is 0 Å². The summed E-state index contributed by atoms with van der Waals surface area (Å²) in [5.74, 6) is -0.733. The Hall–Kier alpha value is -2.57. The number of anilines is 2. The summed E-state index contributed by atoms with van der Waals surface area (Å²) in [6, 6.07) is 16.2. The molecule has 1 aromatic heterocycles. The highest BCUT2D eigenvalue weighted by atomic mass is 32.1. The summed E-state index contributed by atoms with van der Waals surface area (Å²) in [6.45, 7) is 11.7. The van der Waals surface area contributed by atoms with Gasteiger partial charge in [-0.05, 0) is 90.0 Å². The summed E-state index contributed by atoms with van der Waals surface area (Å²) in [5, 5.41) is 12.7. The SMILES string of the molecule is Cc1cc(C(=O)O)sc1C1c2ccc(N3CCCC3)cc2[Si](C)(C)c2cc(N3CCCC3)ccc21. The topological polar surface area (TPSA) is 43.8 Å². The zero-order valence-electron chi connectivity index (χ0n) is 20.9. The largest absolute Gasteiger partial charge is 0.477 e. The Morgan fingerprint density at radius 1 is 0.857 bits per heavy atom. The monoisotopic (exact) mass is 502 g/mol. The van der Waals surface area contributed by atoms with E-state index < -0.39 is 14.0 Å². The zero-order chi connectivity index (χ0) is 24.3. The van der Waals surface area contributed by atoms with Crippen LogP contribution in [0.25, 0.3) is 0 Å². The van der Waals surface area contributed by atoms with Gasteiger partial charge in [0.1, 0.15) is 13.0 Å². The van der Waals surface area contributed by atoms with Crippen LogP contribution in [0.2, 0.25) is 13.1 Å². The molecule has 2 saturated heterocycles. The van der Waals surface area contributed by atoms with Crippen LogP contribution in [-0.4, -0.2) is 45.3 Å². The van der Waals surface area contributed by atoms with Gasteiger partial charge < -0.3 is 14.9 Å². The molecule has 0 saturated carbocycles. The third-order valence-electron chi connectivity index (χ3n) is 8.41. The number of benzene rings is 2. The highest BCUT2D eigenvalue weighted by Gasteiger charge is 2.41. The maximum absolute atomic E-state index is 11.8. The van der Waals surface area contributed by atoms with Gasteiger partial charge in [-0.2, -0.15) is 0 Å². The van der Waals surface area contributed by atoms with Crippen LogP contribution in [0.1, 0.15) is 62.8 Å². The molecule has 0 amide bonds. The van der Waals surface area contributed by atoms with Crippen LogP contribution >= 0.6 is 11.3 Å². The predicted octanol–water partition coefficient (Wildman–Crippen LogP) is 5.27. The molecule has 1 N–H and O–H groups in total. The minimum Gasteiger partial charge on any atom is -0.477 e. The molecular weight excluding hydrogens is 468 g/mol. The van der Waals surface area contributed by atoms with Crippen molar-refractivity contribution in [2.24, 2.45) is 0 Å². The summed E-state index contributed by atoms with van der Waals surface area (Å²) < 4.78 is 0. The molecule has 3 aliphatic rings. The van der Waals surface area contributed by atoms with Crippen molar-refractivity contribution in [1.82, 2.24) is 0 Å². The van der Waals surface area contributed by atoms with Crippen LogP contribution in [0.3, 0.4) is 0 Å². The smallest absolute Gasteiger partial charge is 0.345 e. The van der Waals surface area contributed by atoms with Gasteiger partial charge in [0.15, 0.2) is 0 Å². The molecule has 0 aliphatic carbocycles. The molecule has 4 heterocycles. The fourth-order valence-corrected chi connectivity index (χ4v) is 10.9. The molecular formula is C29H34N2O2SSi. The molecule has 0 atom stereocenters. The second-order valence-electron chi connectivity index (χ2n) is 11.0. The van der Waals surface area contributed by atoms with Crippen molar-refractivity contribution in [3.05, 3.63) is 68.9 Å². The molecule has 3 aromatic rings. The van der Waals surface area contributed by atoms with E-state index in [0.717, 1.165) is 31.7 Å². The Morgan fingerprint density at radius 2 is 1.34 bits per heavy atom. The van der Waals surface area contributed by atoms with Crippen molar-refractivity contribution in [2.75, 3.05) is 36.0 Å². The minimum atomic E-state index is -1.97. The number of hydrogen-bond acceptors (Lipinski definition) is 4. The van der Waals surface area contributed by atoms with Crippen molar-refractivity contribution in [1.29, 1.82) is 0 Å². The van der Waals surface area contributed by atoms with Crippen LogP contribution in [0, 0.1) is 6.92 Å². The molecule has 4 nitrogen and oxygen atoms in total. The van der Waals surface area contributed by atoms with E-state index in [2.05, 4.69) is 66.2 Å². The lowest BCUT2D eigenvalue weighted by molar-refractivity contribution is 0.0702. The van der Waals surface area contributed by atoms with Gasteiger partial charge in [0.25, 0.3) is 0 Å². The van der Waals surface area contributed by atoms with Gasteiger partial charge in [0.2, 0.25) is 0 Å². The average molecular weight is 503 g/mol. The molecule has 6 heteroatoms. The van der Waals surface area contributed by atoms with E-state index in [1.165, 1.54) is 74.8 Å². The standard InChI is InChI=1S/C29H34N2O2SSi/c1-19-16-24(29(32)33)34-28(19)27-22-10-8-20(30-12-4-5-13-30)17-25(22)35(2,3)26-18-21(9-11-23(26)27)31-14-6-7-15-31/h8-11,16-18,27H,4-7,12-15H2,1-3H3,(H,32,33). The first-order valence-electron chi connectivity index (χ1n) is 13.0. The van der Waals surface area contributed by atoms with Crippen molar-refractivity contribution in [3.8, 4) is 0 Å². The van der Waals surface area contributed by atoms with E-state index in [1.54, 1.807) is 0 Å². The molecule has 2 aromatic carbocycles. The average Bonchev–Trinajstić information content (AvgIpc) is 3.62. The molecule has 182 valence electrons. The third-order valence-corrected chi connectivity index (χ3v) is 13.3. The predicted molar refractivity (Wildman–Crippen MR) is 149 cm³/mol. The number of rotatable bonds is 4. The van der Waals surface area contributed by atoms with E-state index >= 15 is 0 Å². The Kier molecular flexibility index (Phi) is 5.57. The summed E-state index contributed by atoms with van der Waals surface area (Å²) in [4.78, 5) is 18.5. The normalized spacial score (nSPS) is 19.2. The number of carboxylic acid groups (broad SMARTS) is 1. The van der Waals surface area contributed by atoms with E-state index in [0.29, 0.717) is 4.88 Å². The number of aryl methyl sites for hydroxylation is 1. The van der Waals surface area contributed by atoms with Gasteiger partial charge in [-0.3, -0.25) is 0 Å². The summed E-state index contributed by atoms with van der Waals surface area (Å²) in [6.07, 6.45) is 5.09. The van der Waals surface area contributed by atoms with Crippen molar-refractivity contribution in [3.63, 3.8) is 0 Å². The number of carbonyl (C=O) groups is 1. The third kappa shape index (κ3) is 3.73. The number of carboxylic acids is 1. The molecule has 35 heavy (non-hydrogen) atoms. The molecule has 2 fully saturated rings. The van der Waals surface area contributed by atoms with Crippen LogP contribution in [0.4, 0.5) is 11.4 Å². The van der Waals surface area contributed by atoms with Gasteiger partial charge >= 0.3 is 5.97 Å². The second kappa shape index (κ2) is 8.52. The highest BCUT2D eigenvalue weighted by Crippen LogP contribution is 2.42. The maximum atomic E-state index is 11.8. The fraction of sp³-hybridized carbons (Fsp3) is 0.414. The molecule has 0 unspecified atom stereocenters. The Labute approximate surface area is 213 Å². The van der Waals surface area contributed by atoms with E-state index in [9.17, 15) is 9.90 Å². The first-order chi connectivity index (χ1) is 16.8. The van der Waals surface area contributed by atoms with E-state index in [-0.39, 0.29) is 5.92 Å². The van der Waals surface area contributed by atoms with E-state index in [4.69, 9.17) is 0 Å². The summed E-state index contributed by atoms with van der Waals surface area (Å²) in [5.41, 5.74) is 6.56. The lowest BCUT2D eigenvalue weighted by atomic mass is 9.87. The maximum Gasteiger partial charge on any atom is 0.345 e. The highest BCUT2D eigenvalue weighted by molar-refractivity contribution is 7.14. The van der Waals surface area contributed by atoms with Crippen LogP contribution in [-0.2, 0) is 0 Å². The first kappa shape index (κ1) is 22.9. The molecule has 6 rings (SSSR count). The van der Waals surface area contributed by atoms with Gasteiger partial charge in [-0.1, -0.05) is 25.2 Å². The summed E-state index contributed by atoms with van der Waals surface area (Å²) in [7, 11) is -1.97. The Bertz CT molecular complexity index is 1230. The molecule has 0 spiro atoms. The number of nitrogens with zero attached hydrogens (tertiary/aromatic N) is 2. The van der Waals surface area contributed by atoms with Gasteiger partial charge in [0.05, 0.1) is 0 Å². The van der Waals surface area contributed by atoms with Crippen molar-refractivity contribution < 1.29 is 9.90 Å². The number of hydrogen-bond donors (Lipinski definition) is 1. The first-order valence-corrected chi connectivity index (χ1v) is 16.8. The fourth-order valence-electron chi connectivity index (χ4n) is 6.50. The zero-order valence-corrected chi connectivity index (χ0v) is 22.8. The van der Waals surface area contributed by atoms with Crippen LogP contribution in [0.15, 0.2) is 42.5 Å². The molecule has 3 aliphatic heterocycles. The van der Waals surface area contributed by atoms with E-state index in [1.807, 2.05) is 6.07 Å². The van der Waals surface area contributed by atoms with Gasteiger partial charge in [-0.25, -0.2) is 4.79 Å². The van der Waals surface area contributed by atoms with Crippen molar-refractivity contribution in [2.45, 2.75) is 51.6 Å². The number of fused-ring (bicyclic) bond motifs is 2. The quantitative estimate of drug-likeness (QED) is 0.494. The minimum absolute atomic E-state index is 0.0962. The molecule has 0 radical (unpaired) electrons. The van der Waals surface area contributed by atoms with Gasteiger partial charge in [0, 0.05) is 48.3 Å². The number of aromatic carboxylic acids is 1. The number of thiophene rings is 1. The lowest BCUT2D eigenvalue weighted by Gasteiger charge is -2.40. The Balaban J connectivity index is 1.56.